The molecule has 0 spiro atoms. The number of ether oxygens (including phenoxy) is 1. The summed E-state index contributed by atoms with van der Waals surface area (Å²) in [6.07, 6.45) is 0. The van der Waals surface area contributed by atoms with Gasteiger partial charge < -0.3 is 9.84 Å². The Hall–Kier alpha value is -2.56. The fourth-order valence-electron chi connectivity index (χ4n) is 2.52. The molecule has 0 radical (unpaired) electrons. The number of para-hydroxylation sites is 1. The van der Waals surface area contributed by atoms with E-state index < -0.39 is 4.92 Å². The van der Waals surface area contributed by atoms with Crippen molar-refractivity contribution >= 4 is 5.69 Å². The topological polar surface area (TPSA) is 72.6 Å². The molecule has 2 rings (SSSR count). The van der Waals surface area contributed by atoms with Crippen molar-refractivity contribution in [2.75, 3.05) is 6.61 Å². The number of phenols is 1. The maximum Gasteiger partial charge on any atom is 0.281 e. The van der Waals surface area contributed by atoms with Crippen LogP contribution in [0, 0.1) is 10.1 Å². The number of nitro benzene ring substituents is 1. The average molecular weight is 315 g/mol. The van der Waals surface area contributed by atoms with E-state index in [0.717, 1.165) is 0 Å². The van der Waals surface area contributed by atoms with Crippen LogP contribution < -0.4 is 4.74 Å². The van der Waals surface area contributed by atoms with Gasteiger partial charge in [0.1, 0.15) is 11.5 Å². The Morgan fingerprint density at radius 2 is 1.83 bits per heavy atom. The Bertz CT molecular complexity index is 732. The fourth-order valence-corrected chi connectivity index (χ4v) is 2.52. The molecule has 0 fully saturated rings. The molecule has 0 unspecified atom stereocenters. The predicted molar refractivity (Wildman–Crippen MR) is 90.1 cm³/mol. The van der Waals surface area contributed by atoms with Gasteiger partial charge in [0.05, 0.1) is 23.2 Å². The highest BCUT2D eigenvalue weighted by Gasteiger charge is 2.26. The standard InChI is InChI=1S/C18H21NO4/c1-5-23-17-9-7-6-8-12(17)13-10-14(18(2,3)4)16(20)11-15(13)19(21)22/h6-11,20H,5H2,1-4H3. The predicted octanol–water partition coefficient (Wildman–Crippen LogP) is 4.66. The Morgan fingerprint density at radius 1 is 1.17 bits per heavy atom. The Morgan fingerprint density at radius 3 is 2.39 bits per heavy atom. The van der Waals surface area contributed by atoms with Gasteiger partial charge in [0.2, 0.25) is 0 Å². The molecule has 1 N–H and O–H groups in total. The van der Waals surface area contributed by atoms with Gasteiger partial charge in [-0.05, 0) is 24.5 Å². The molecule has 0 amide bonds. The summed E-state index contributed by atoms with van der Waals surface area (Å²) in [5, 5.41) is 21.6. The molecule has 0 atom stereocenters. The molecule has 0 saturated heterocycles. The molecule has 0 bridgehead atoms. The largest absolute Gasteiger partial charge is 0.507 e. The zero-order chi connectivity index (χ0) is 17.2. The molecule has 0 aromatic heterocycles. The lowest BCUT2D eigenvalue weighted by molar-refractivity contribution is -0.384. The first-order valence-electron chi connectivity index (χ1n) is 7.49. The molecule has 0 aliphatic rings. The van der Waals surface area contributed by atoms with Crippen molar-refractivity contribution in [3.05, 3.63) is 52.1 Å². The van der Waals surface area contributed by atoms with Crippen LogP contribution in [-0.2, 0) is 5.41 Å². The third-order valence-corrected chi connectivity index (χ3v) is 3.60. The number of hydrogen-bond donors (Lipinski definition) is 1. The lowest BCUT2D eigenvalue weighted by Gasteiger charge is -2.22. The molecule has 122 valence electrons. The first-order valence-corrected chi connectivity index (χ1v) is 7.49. The molecule has 0 heterocycles. The molecule has 2 aromatic rings. The third kappa shape index (κ3) is 3.44. The van der Waals surface area contributed by atoms with Crippen molar-refractivity contribution in [2.45, 2.75) is 33.1 Å². The second-order valence-corrected chi connectivity index (χ2v) is 6.32. The van der Waals surface area contributed by atoms with Gasteiger partial charge in [-0.25, -0.2) is 0 Å². The van der Waals surface area contributed by atoms with E-state index in [4.69, 9.17) is 4.74 Å². The summed E-state index contributed by atoms with van der Waals surface area (Å²) in [6.45, 7) is 8.18. The minimum atomic E-state index is -0.482. The Balaban J connectivity index is 2.77. The molecule has 2 aromatic carbocycles. The molecule has 5 nitrogen and oxygen atoms in total. The van der Waals surface area contributed by atoms with Crippen LogP contribution in [0.2, 0.25) is 0 Å². The highest BCUT2D eigenvalue weighted by molar-refractivity contribution is 5.80. The molecular formula is C18H21NO4. The zero-order valence-corrected chi connectivity index (χ0v) is 13.8. The molecule has 23 heavy (non-hydrogen) atoms. The summed E-state index contributed by atoms with van der Waals surface area (Å²) in [5.74, 6) is 0.519. The maximum atomic E-state index is 11.4. The van der Waals surface area contributed by atoms with Gasteiger partial charge in [0, 0.05) is 11.1 Å². The lowest BCUT2D eigenvalue weighted by atomic mass is 9.84. The van der Waals surface area contributed by atoms with E-state index in [1.165, 1.54) is 6.07 Å². The van der Waals surface area contributed by atoms with Gasteiger partial charge in [-0.3, -0.25) is 10.1 Å². The van der Waals surface area contributed by atoms with Crippen LogP contribution in [0.1, 0.15) is 33.3 Å². The van der Waals surface area contributed by atoms with Gasteiger partial charge >= 0.3 is 0 Å². The van der Waals surface area contributed by atoms with Crippen LogP contribution in [0.15, 0.2) is 36.4 Å². The first-order chi connectivity index (χ1) is 10.8. The summed E-state index contributed by atoms with van der Waals surface area (Å²) in [6, 6.07) is 10.1. The summed E-state index contributed by atoms with van der Waals surface area (Å²) < 4.78 is 5.60. The maximum absolute atomic E-state index is 11.4. The summed E-state index contributed by atoms with van der Waals surface area (Å²) in [4.78, 5) is 10.9. The van der Waals surface area contributed by atoms with E-state index in [0.29, 0.717) is 29.0 Å². The van der Waals surface area contributed by atoms with Crippen molar-refractivity contribution in [2.24, 2.45) is 0 Å². The van der Waals surface area contributed by atoms with Crippen LogP contribution in [0.25, 0.3) is 11.1 Å². The molecule has 0 aliphatic carbocycles. The van der Waals surface area contributed by atoms with Gasteiger partial charge in [-0.1, -0.05) is 39.0 Å². The van der Waals surface area contributed by atoms with Crippen molar-refractivity contribution in [3.8, 4) is 22.6 Å². The fraction of sp³-hybridized carbons (Fsp3) is 0.333. The summed E-state index contributed by atoms with van der Waals surface area (Å²) in [7, 11) is 0. The molecule has 0 aliphatic heterocycles. The normalized spacial score (nSPS) is 11.3. The SMILES string of the molecule is CCOc1ccccc1-c1cc(C(C)(C)C)c(O)cc1[N+](=O)[O-]. The van der Waals surface area contributed by atoms with Crippen LogP contribution >= 0.6 is 0 Å². The van der Waals surface area contributed by atoms with Gasteiger partial charge in [-0.15, -0.1) is 0 Å². The second kappa shape index (κ2) is 6.28. The number of rotatable bonds is 4. The van der Waals surface area contributed by atoms with E-state index in [1.54, 1.807) is 18.2 Å². The minimum Gasteiger partial charge on any atom is -0.507 e. The monoisotopic (exact) mass is 315 g/mol. The second-order valence-electron chi connectivity index (χ2n) is 6.32. The average Bonchev–Trinajstić information content (AvgIpc) is 2.46. The zero-order valence-electron chi connectivity index (χ0n) is 13.8. The number of benzene rings is 2. The van der Waals surface area contributed by atoms with E-state index in [9.17, 15) is 15.2 Å². The Labute approximate surface area is 135 Å². The highest BCUT2D eigenvalue weighted by atomic mass is 16.6. The van der Waals surface area contributed by atoms with Crippen LogP contribution in [0.4, 0.5) is 5.69 Å². The highest BCUT2D eigenvalue weighted by Crippen LogP contribution is 2.42. The molecule has 0 saturated carbocycles. The van der Waals surface area contributed by atoms with E-state index in [1.807, 2.05) is 39.8 Å². The van der Waals surface area contributed by atoms with Gasteiger partial charge in [0.15, 0.2) is 0 Å². The van der Waals surface area contributed by atoms with E-state index >= 15 is 0 Å². The van der Waals surface area contributed by atoms with Gasteiger partial charge in [-0.2, -0.15) is 0 Å². The number of phenolic OH excluding ortho intramolecular Hbond substituents is 1. The van der Waals surface area contributed by atoms with Crippen LogP contribution in [-0.4, -0.2) is 16.6 Å². The van der Waals surface area contributed by atoms with Crippen molar-refractivity contribution in [3.63, 3.8) is 0 Å². The molecular weight excluding hydrogens is 294 g/mol. The number of hydrogen-bond acceptors (Lipinski definition) is 4. The number of aromatic hydroxyl groups is 1. The van der Waals surface area contributed by atoms with Crippen LogP contribution in [0.3, 0.4) is 0 Å². The summed E-state index contributed by atoms with van der Waals surface area (Å²) in [5.41, 5.74) is 1.27. The summed E-state index contributed by atoms with van der Waals surface area (Å²) >= 11 is 0. The lowest BCUT2D eigenvalue weighted by Crippen LogP contribution is -2.12. The van der Waals surface area contributed by atoms with Crippen molar-refractivity contribution in [1.82, 2.24) is 0 Å². The van der Waals surface area contributed by atoms with Crippen molar-refractivity contribution in [1.29, 1.82) is 0 Å². The van der Waals surface area contributed by atoms with E-state index in [-0.39, 0.29) is 16.9 Å². The Kier molecular flexibility index (Phi) is 4.59. The number of nitrogens with zero attached hydrogens (tertiary/aromatic N) is 1. The smallest absolute Gasteiger partial charge is 0.281 e. The first kappa shape index (κ1) is 16.8. The minimum absolute atomic E-state index is 0.0677. The quantitative estimate of drug-likeness (QED) is 0.657. The third-order valence-electron chi connectivity index (χ3n) is 3.60. The van der Waals surface area contributed by atoms with Gasteiger partial charge in [0.25, 0.3) is 5.69 Å². The van der Waals surface area contributed by atoms with E-state index in [2.05, 4.69) is 0 Å². The number of nitro groups is 1. The molecule has 5 heteroatoms. The van der Waals surface area contributed by atoms with Crippen molar-refractivity contribution < 1.29 is 14.8 Å². The van der Waals surface area contributed by atoms with Crippen LogP contribution in [0.5, 0.6) is 11.5 Å².